The third kappa shape index (κ3) is 4.47. The first-order valence-corrected chi connectivity index (χ1v) is 11.4. The Balaban J connectivity index is 1.29. The number of ether oxygens (including phenoxy) is 3. The highest BCUT2D eigenvalue weighted by atomic mass is 19.1. The van der Waals surface area contributed by atoms with Crippen molar-refractivity contribution in [2.24, 2.45) is 11.7 Å². The normalized spacial score (nSPS) is 26.5. The molecule has 2 aromatic carbocycles. The van der Waals surface area contributed by atoms with Crippen molar-refractivity contribution >= 4 is 12.0 Å². The van der Waals surface area contributed by atoms with Crippen LogP contribution in [0.1, 0.15) is 42.5 Å². The standard InChI is InChI=1S/C25H27FN2O5/c26-17-5-3-4-15(10-17)24(29)28-18-8-9-19(28)12-16(11-18)23(33-25(27)30)13-20-14-31-21-6-1-2-7-22(21)32-20/h1-7,10,16,18-20,23H,8-9,11-14H2,(H2,27,30). The van der Waals surface area contributed by atoms with Gasteiger partial charge in [-0.3, -0.25) is 4.79 Å². The molecule has 8 heteroatoms. The summed E-state index contributed by atoms with van der Waals surface area (Å²) in [6, 6.07) is 13.3. The summed E-state index contributed by atoms with van der Waals surface area (Å²) in [6.07, 6.45) is 2.08. The zero-order chi connectivity index (χ0) is 22.9. The molecule has 7 nitrogen and oxygen atoms in total. The lowest BCUT2D eigenvalue weighted by Crippen LogP contribution is -2.50. The Labute approximate surface area is 191 Å². The molecular weight excluding hydrogens is 427 g/mol. The van der Waals surface area contributed by atoms with Crippen molar-refractivity contribution in [2.45, 2.75) is 56.4 Å². The van der Waals surface area contributed by atoms with Crippen LogP contribution in [0.4, 0.5) is 9.18 Å². The number of halogens is 1. The van der Waals surface area contributed by atoms with Crippen LogP contribution in [0.3, 0.4) is 0 Å². The highest BCUT2D eigenvalue weighted by Crippen LogP contribution is 2.42. The van der Waals surface area contributed by atoms with Gasteiger partial charge in [-0.05, 0) is 56.0 Å². The van der Waals surface area contributed by atoms with Crippen LogP contribution in [0.25, 0.3) is 0 Å². The first kappa shape index (κ1) is 21.6. The maximum Gasteiger partial charge on any atom is 0.404 e. The van der Waals surface area contributed by atoms with Gasteiger partial charge in [0.25, 0.3) is 5.91 Å². The van der Waals surface area contributed by atoms with E-state index in [1.165, 1.54) is 12.1 Å². The van der Waals surface area contributed by atoms with E-state index in [1.54, 1.807) is 12.1 Å². The van der Waals surface area contributed by atoms with Gasteiger partial charge in [0, 0.05) is 30.0 Å². The third-order valence-electron chi connectivity index (χ3n) is 6.93. The van der Waals surface area contributed by atoms with Gasteiger partial charge in [0.15, 0.2) is 11.5 Å². The maximum atomic E-state index is 13.7. The topological polar surface area (TPSA) is 91.1 Å². The molecule has 33 heavy (non-hydrogen) atoms. The number of carbonyl (C=O) groups excluding carboxylic acids is 2. The second-order valence-corrected chi connectivity index (χ2v) is 9.05. The van der Waals surface area contributed by atoms with Crippen LogP contribution in [0.2, 0.25) is 0 Å². The van der Waals surface area contributed by atoms with Crippen molar-refractivity contribution < 1.29 is 28.2 Å². The van der Waals surface area contributed by atoms with Gasteiger partial charge in [0.1, 0.15) is 24.6 Å². The summed E-state index contributed by atoms with van der Waals surface area (Å²) < 4.78 is 31.1. The molecule has 0 aromatic heterocycles. The summed E-state index contributed by atoms with van der Waals surface area (Å²) in [6.45, 7) is 0.361. The van der Waals surface area contributed by atoms with E-state index in [2.05, 4.69) is 0 Å². The van der Waals surface area contributed by atoms with Gasteiger partial charge in [0.05, 0.1) is 0 Å². The Kier molecular flexibility index (Phi) is 5.83. The minimum atomic E-state index is -0.817. The Hall–Kier alpha value is -3.29. The van der Waals surface area contributed by atoms with Crippen LogP contribution in [0.15, 0.2) is 48.5 Å². The molecular formula is C25H27FN2O5. The van der Waals surface area contributed by atoms with E-state index in [0.29, 0.717) is 42.9 Å². The Morgan fingerprint density at radius 2 is 1.82 bits per heavy atom. The molecule has 2 N–H and O–H groups in total. The van der Waals surface area contributed by atoms with E-state index < -0.39 is 18.0 Å². The molecule has 2 bridgehead atoms. The number of amides is 2. The summed E-state index contributed by atoms with van der Waals surface area (Å²) in [5.41, 5.74) is 5.76. The number of nitrogens with two attached hydrogens (primary N) is 1. The number of piperidine rings is 1. The summed E-state index contributed by atoms with van der Waals surface area (Å²) in [5, 5.41) is 0. The molecule has 0 aliphatic carbocycles. The lowest BCUT2D eigenvalue weighted by atomic mass is 9.83. The van der Waals surface area contributed by atoms with Crippen molar-refractivity contribution in [3.8, 4) is 11.5 Å². The number of nitrogens with zero attached hydrogens (tertiary/aromatic N) is 1. The number of rotatable bonds is 5. The average Bonchev–Trinajstić information content (AvgIpc) is 3.06. The van der Waals surface area contributed by atoms with Gasteiger partial charge in [0.2, 0.25) is 0 Å². The molecule has 3 heterocycles. The van der Waals surface area contributed by atoms with E-state index in [-0.39, 0.29) is 30.0 Å². The fourth-order valence-electron chi connectivity index (χ4n) is 5.55. The average molecular weight is 454 g/mol. The van der Waals surface area contributed by atoms with Crippen LogP contribution in [0.5, 0.6) is 11.5 Å². The Bertz CT molecular complexity index is 1030. The summed E-state index contributed by atoms with van der Waals surface area (Å²) >= 11 is 0. The molecule has 174 valence electrons. The molecule has 3 aliphatic heterocycles. The van der Waals surface area contributed by atoms with Crippen LogP contribution >= 0.6 is 0 Å². The maximum absolute atomic E-state index is 13.7. The number of carbonyl (C=O) groups is 2. The third-order valence-corrected chi connectivity index (χ3v) is 6.93. The van der Waals surface area contributed by atoms with Crippen molar-refractivity contribution in [2.75, 3.05) is 6.61 Å². The molecule has 0 saturated carbocycles. The summed E-state index contributed by atoms with van der Waals surface area (Å²) in [5.74, 6) is 0.848. The van der Waals surface area contributed by atoms with Gasteiger partial charge in [-0.1, -0.05) is 18.2 Å². The predicted octanol–water partition coefficient (Wildman–Crippen LogP) is 3.90. The monoisotopic (exact) mass is 454 g/mol. The number of hydrogen-bond acceptors (Lipinski definition) is 5. The van der Waals surface area contributed by atoms with E-state index in [4.69, 9.17) is 19.9 Å². The number of para-hydroxylation sites is 2. The zero-order valence-corrected chi connectivity index (χ0v) is 18.2. The second kappa shape index (κ2) is 8.92. The molecule has 2 amide bonds. The van der Waals surface area contributed by atoms with Gasteiger partial charge >= 0.3 is 6.09 Å². The van der Waals surface area contributed by atoms with Crippen LogP contribution < -0.4 is 15.2 Å². The molecule has 3 aliphatic rings. The minimum absolute atomic E-state index is 0.0211. The Morgan fingerprint density at radius 3 is 2.52 bits per heavy atom. The number of primary amides is 1. The van der Waals surface area contributed by atoms with Gasteiger partial charge in [-0.25, -0.2) is 9.18 Å². The highest BCUT2D eigenvalue weighted by molar-refractivity contribution is 5.95. The lowest BCUT2D eigenvalue weighted by Gasteiger charge is -2.42. The van der Waals surface area contributed by atoms with Crippen molar-refractivity contribution in [3.05, 3.63) is 59.9 Å². The molecule has 2 aromatic rings. The molecule has 0 spiro atoms. The predicted molar refractivity (Wildman–Crippen MR) is 118 cm³/mol. The van der Waals surface area contributed by atoms with E-state index in [0.717, 1.165) is 12.8 Å². The van der Waals surface area contributed by atoms with E-state index in [9.17, 15) is 14.0 Å². The van der Waals surface area contributed by atoms with Gasteiger partial charge in [-0.15, -0.1) is 0 Å². The molecule has 5 rings (SSSR count). The number of fused-ring (bicyclic) bond motifs is 3. The van der Waals surface area contributed by atoms with E-state index in [1.807, 2.05) is 29.2 Å². The molecule has 4 atom stereocenters. The van der Waals surface area contributed by atoms with Crippen molar-refractivity contribution in [3.63, 3.8) is 0 Å². The quantitative estimate of drug-likeness (QED) is 0.740. The van der Waals surface area contributed by atoms with E-state index >= 15 is 0 Å². The minimum Gasteiger partial charge on any atom is -0.486 e. The second-order valence-electron chi connectivity index (χ2n) is 9.05. The fourth-order valence-corrected chi connectivity index (χ4v) is 5.55. The number of hydrogen-bond donors (Lipinski definition) is 1. The fraction of sp³-hybridized carbons (Fsp3) is 0.440. The van der Waals surface area contributed by atoms with Gasteiger partial charge in [-0.2, -0.15) is 0 Å². The largest absolute Gasteiger partial charge is 0.486 e. The smallest absolute Gasteiger partial charge is 0.404 e. The summed E-state index contributed by atoms with van der Waals surface area (Å²) in [7, 11) is 0. The Morgan fingerprint density at radius 1 is 1.09 bits per heavy atom. The zero-order valence-electron chi connectivity index (χ0n) is 18.2. The number of benzene rings is 2. The van der Waals surface area contributed by atoms with Crippen LogP contribution in [-0.4, -0.2) is 47.8 Å². The summed E-state index contributed by atoms with van der Waals surface area (Å²) in [4.78, 5) is 26.7. The van der Waals surface area contributed by atoms with Crippen LogP contribution in [-0.2, 0) is 4.74 Å². The van der Waals surface area contributed by atoms with Crippen LogP contribution in [0, 0.1) is 11.7 Å². The first-order chi connectivity index (χ1) is 16.0. The molecule has 2 fully saturated rings. The van der Waals surface area contributed by atoms with Crippen molar-refractivity contribution in [1.82, 2.24) is 4.90 Å². The highest BCUT2D eigenvalue weighted by Gasteiger charge is 2.46. The first-order valence-electron chi connectivity index (χ1n) is 11.4. The van der Waals surface area contributed by atoms with Gasteiger partial charge < -0.3 is 24.8 Å². The van der Waals surface area contributed by atoms with Crippen molar-refractivity contribution in [1.29, 1.82) is 0 Å². The molecule has 0 radical (unpaired) electrons. The molecule has 2 saturated heterocycles. The molecule has 4 unspecified atom stereocenters. The SMILES string of the molecule is NC(=O)OC(CC1COc2ccccc2O1)C1CC2CCC(C1)N2C(=O)c1cccc(F)c1. The lowest BCUT2D eigenvalue weighted by molar-refractivity contribution is -0.0165.